The quantitative estimate of drug-likeness (QED) is 0.926. The topological polar surface area (TPSA) is 46.3 Å². The highest BCUT2D eigenvalue weighted by Crippen LogP contribution is 2.29. The van der Waals surface area contributed by atoms with Crippen molar-refractivity contribution < 1.29 is 18.0 Å². The lowest BCUT2D eigenvalue weighted by Gasteiger charge is -2.23. The van der Waals surface area contributed by atoms with Gasteiger partial charge in [-0.05, 0) is 30.5 Å². The van der Waals surface area contributed by atoms with Gasteiger partial charge in [0, 0.05) is 19.1 Å². The summed E-state index contributed by atoms with van der Waals surface area (Å²) >= 11 is 0. The Labute approximate surface area is 115 Å². The van der Waals surface area contributed by atoms with Crippen LogP contribution in [0.15, 0.2) is 24.3 Å². The van der Waals surface area contributed by atoms with Crippen LogP contribution in [0.1, 0.15) is 24.0 Å². The minimum atomic E-state index is -4.35. The molecule has 1 aliphatic heterocycles. The summed E-state index contributed by atoms with van der Waals surface area (Å²) in [6, 6.07) is 4.79. The van der Waals surface area contributed by atoms with Crippen molar-refractivity contribution in [1.29, 1.82) is 0 Å². The Kier molecular flexibility index (Phi) is 4.32. The SMILES string of the molecule is NC[C@H]1CCCN1C(=O)Cc1ccc(C(F)(F)F)cc1. The van der Waals surface area contributed by atoms with Gasteiger partial charge in [0.25, 0.3) is 0 Å². The van der Waals surface area contributed by atoms with Crippen LogP contribution in [0.2, 0.25) is 0 Å². The fourth-order valence-electron chi connectivity index (χ4n) is 2.50. The average Bonchev–Trinajstić information content (AvgIpc) is 2.86. The van der Waals surface area contributed by atoms with Crippen molar-refractivity contribution in [3.63, 3.8) is 0 Å². The Bertz CT molecular complexity index is 470. The van der Waals surface area contributed by atoms with Gasteiger partial charge in [-0.1, -0.05) is 12.1 Å². The zero-order valence-electron chi connectivity index (χ0n) is 11.0. The molecular formula is C14H17F3N2O. The third kappa shape index (κ3) is 3.30. The van der Waals surface area contributed by atoms with E-state index in [0.717, 1.165) is 25.0 Å². The van der Waals surface area contributed by atoms with Crippen LogP contribution in [0.5, 0.6) is 0 Å². The molecule has 1 atom stereocenters. The first-order valence-electron chi connectivity index (χ1n) is 6.57. The molecule has 1 heterocycles. The predicted octanol–water partition coefficient (Wildman–Crippen LogP) is 2.20. The molecule has 3 nitrogen and oxygen atoms in total. The van der Waals surface area contributed by atoms with Gasteiger partial charge in [-0.3, -0.25) is 4.79 Å². The van der Waals surface area contributed by atoms with E-state index in [0.29, 0.717) is 18.7 Å². The van der Waals surface area contributed by atoms with Crippen molar-refractivity contribution in [3.8, 4) is 0 Å². The van der Waals surface area contributed by atoms with E-state index in [2.05, 4.69) is 0 Å². The number of amides is 1. The molecule has 0 radical (unpaired) electrons. The van der Waals surface area contributed by atoms with Gasteiger partial charge in [0.2, 0.25) is 5.91 Å². The van der Waals surface area contributed by atoms with E-state index in [1.165, 1.54) is 12.1 Å². The van der Waals surface area contributed by atoms with Crippen LogP contribution in [0.4, 0.5) is 13.2 Å². The summed E-state index contributed by atoms with van der Waals surface area (Å²) in [4.78, 5) is 13.8. The van der Waals surface area contributed by atoms with Crippen molar-refractivity contribution in [2.45, 2.75) is 31.5 Å². The first-order valence-corrected chi connectivity index (χ1v) is 6.57. The number of benzene rings is 1. The van der Waals surface area contributed by atoms with Gasteiger partial charge >= 0.3 is 6.18 Å². The zero-order chi connectivity index (χ0) is 14.8. The van der Waals surface area contributed by atoms with Crippen molar-refractivity contribution >= 4 is 5.91 Å². The fourth-order valence-corrected chi connectivity index (χ4v) is 2.50. The van der Waals surface area contributed by atoms with E-state index in [1.54, 1.807) is 4.90 Å². The molecule has 2 rings (SSSR count). The van der Waals surface area contributed by atoms with E-state index in [-0.39, 0.29) is 18.4 Å². The third-order valence-electron chi connectivity index (χ3n) is 3.61. The lowest BCUT2D eigenvalue weighted by atomic mass is 10.1. The van der Waals surface area contributed by atoms with Gasteiger partial charge < -0.3 is 10.6 Å². The van der Waals surface area contributed by atoms with Gasteiger partial charge in [0.15, 0.2) is 0 Å². The van der Waals surface area contributed by atoms with E-state index in [4.69, 9.17) is 5.73 Å². The van der Waals surface area contributed by atoms with Crippen LogP contribution in [0.25, 0.3) is 0 Å². The molecule has 1 aliphatic rings. The number of likely N-dealkylation sites (tertiary alicyclic amines) is 1. The number of hydrogen-bond donors (Lipinski definition) is 1. The first-order chi connectivity index (χ1) is 9.41. The van der Waals surface area contributed by atoms with Gasteiger partial charge in [-0.2, -0.15) is 13.2 Å². The average molecular weight is 286 g/mol. The van der Waals surface area contributed by atoms with Crippen LogP contribution in [-0.4, -0.2) is 29.9 Å². The van der Waals surface area contributed by atoms with Gasteiger partial charge in [0.1, 0.15) is 0 Å². The van der Waals surface area contributed by atoms with E-state index in [1.807, 2.05) is 0 Å². The van der Waals surface area contributed by atoms with Crippen molar-refractivity contribution in [2.75, 3.05) is 13.1 Å². The number of hydrogen-bond acceptors (Lipinski definition) is 2. The molecule has 1 saturated heterocycles. The molecule has 0 saturated carbocycles. The number of nitrogens with two attached hydrogens (primary N) is 1. The summed E-state index contributed by atoms with van der Waals surface area (Å²) in [5.74, 6) is -0.0716. The zero-order valence-corrected chi connectivity index (χ0v) is 11.0. The molecule has 110 valence electrons. The van der Waals surface area contributed by atoms with Crippen molar-refractivity contribution in [3.05, 3.63) is 35.4 Å². The molecule has 0 bridgehead atoms. The second kappa shape index (κ2) is 5.83. The highest BCUT2D eigenvalue weighted by molar-refractivity contribution is 5.79. The lowest BCUT2D eigenvalue weighted by molar-refractivity contribution is -0.137. The smallest absolute Gasteiger partial charge is 0.338 e. The normalized spacial score (nSPS) is 19.4. The summed E-state index contributed by atoms with van der Waals surface area (Å²) in [6.07, 6.45) is -2.40. The van der Waals surface area contributed by atoms with Crippen LogP contribution in [0, 0.1) is 0 Å². The molecular weight excluding hydrogens is 269 g/mol. The van der Waals surface area contributed by atoms with Gasteiger partial charge in [0.05, 0.1) is 12.0 Å². The van der Waals surface area contributed by atoms with E-state index in [9.17, 15) is 18.0 Å². The summed E-state index contributed by atoms with van der Waals surface area (Å²) in [5.41, 5.74) is 5.49. The third-order valence-corrected chi connectivity index (χ3v) is 3.61. The maximum atomic E-state index is 12.4. The van der Waals surface area contributed by atoms with Crippen molar-refractivity contribution in [1.82, 2.24) is 4.90 Å². The molecule has 2 N–H and O–H groups in total. The fraction of sp³-hybridized carbons (Fsp3) is 0.500. The Hall–Kier alpha value is -1.56. The summed E-state index contributed by atoms with van der Waals surface area (Å²) in [7, 11) is 0. The monoisotopic (exact) mass is 286 g/mol. The highest BCUT2D eigenvalue weighted by Gasteiger charge is 2.30. The number of carbonyl (C=O) groups is 1. The Morgan fingerprint density at radius 2 is 1.95 bits per heavy atom. The van der Waals surface area contributed by atoms with E-state index >= 15 is 0 Å². The molecule has 20 heavy (non-hydrogen) atoms. The number of nitrogens with zero attached hydrogens (tertiary/aromatic N) is 1. The molecule has 0 aromatic heterocycles. The lowest BCUT2D eigenvalue weighted by Crippen LogP contribution is -2.40. The number of rotatable bonds is 3. The largest absolute Gasteiger partial charge is 0.416 e. The number of halogens is 3. The number of alkyl halides is 3. The predicted molar refractivity (Wildman–Crippen MR) is 68.9 cm³/mol. The maximum absolute atomic E-state index is 12.4. The van der Waals surface area contributed by atoms with Gasteiger partial charge in [-0.25, -0.2) is 0 Å². The molecule has 1 fully saturated rings. The standard InChI is InChI=1S/C14H17F3N2O/c15-14(16,17)11-5-3-10(4-6-11)8-13(20)19-7-1-2-12(19)9-18/h3-6,12H,1-2,7-9,18H2/t12-/m1/s1. The molecule has 0 aliphatic carbocycles. The molecule has 1 aromatic carbocycles. The van der Waals surface area contributed by atoms with E-state index < -0.39 is 11.7 Å². The first kappa shape index (κ1) is 14.8. The summed E-state index contributed by atoms with van der Waals surface area (Å²) in [6.45, 7) is 1.11. The summed E-state index contributed by atoms with van der Waals surface area (Å²) in [5, 5.41) is 0. The molecule has 1 aromatic rings. The van der Waals surface area contributed by atoms with Crippen LogP contribution in [-0.2, 0) is 17.4 Å². The number of carbonyl (C=O) groups excluding carboxylic acids is 1. The molecule has 0 spiro atoms. The minimum absolute atomic E-state index is 0.0666. The highest BCUT2D eigenvalue weighted by atomic mass is 19.4. The van der Waals surface area contributed by atoms with Gasteiger partial charge in [-0.15, -0.1) is 0 Å². The Morgan fingerprint density at radius 3 is 2.50 bits per heavy atom. The second-order valence-electron chi connectivity index (χ2n) is 4.99. The van der Waals surface area contributed by atoms with Crippen LogP contribution in [0.3, 0.4) is 0 Å². The second-order valence-corrected chi connectivity index (χ2v) is 4.99. The summed E-state index contributed by atoms with van der Waals surface area (Å²) < 4.78 is 37.3. The Morgan fingerprint density at radius 1 is 1.30 bits per heavy atom. The van der Waals surface area contributed by atoms with Crippen LogP contribution < -0.4 is 5.73 Å². The van der Waals surface area contributed by atoms with Crippen molar-refractivity contribution in [2.24, 2.45) is 5.73 Å². The minimum Gasteiger partial charge on any atom is -0.338 e. The molecule has 0 unspecified atom stereocenters. The van der Waals surface area contributed by atoms with Crippen LogP contribution >= 0.6 is 0 Å². The Balaban J connectivity index is 2.01. The molecule has 6 heteroatoms. The maximum Gasteiger partial charge on any atom is 0.416 e. The molecule has 1 amide bonds.